The van der Waals surface area contributed by atoms with E-state index in [2.05, 4.69) is 5.32 Å². The number of carbonyl (C=O) groups excluding carboxylic acids is 3. The van der Waals surface area contributed by atoms with Crippen molar-refractivity contribution < 1.29 is 27.2 Å². The predicted octanol–water partition coefficient (Wildman–Crippen LogP) is 2.28. The highest BCUT2D eigenvalue weighted by Gasteiger charge is 2.59. The van der Waals surface area contributed by atoms with E-state index in [1.807, 2.05) is 0 Å². The van der Waals surface area contributed by atoms with Crippen LogP contribution in [0.2, 0.25) is 0 Å². The van der Waals surface area contributed by atoms with Crippen molar-refractivity contribution in [2.45, 2.75) is 41.0 Å². The number of rotatable bonds is 5. The largest absolute Gasteiger partial charge is 0.325 e. The molecule has 1 fully saturated rings. The normalized spacial score (nSPS) is 20.3. The summed E-state index contributed by atoms with van der Waals surface area (Å²) < 4.78 is 37.6. The van der Waals surface area contributed by atoms with Crippen LogP contribution in [-0.2, 0) is 36.4 Å². The molecule has 0 saturated carbocycles. The van der Waals surface area contributed by atoms with E-state index in [9.17, 15) is 32.0 Å². The molecular formula is C24H21FN4O6S3. The molecule has 3 heterocycles. The molecule has 0 spiro atoms. The van der Waals surface area contributed by atoms with Crippen LogP contribution in [0.3, 0.4) is 0 Å². The van der Waals surface area contributed by atoms with E-state index >= 15 is 0 Å². The summed E-state index contributed by atoms with van der Waals surface area (Å²) in [6.07, 6.45) is 0. The molecule has 0 radical (unpaired) electrons. The highest BCUT2D eigenvalue weighted by atomic mass is 32.2. The third-order valence-electron chi connectivity index (χ3n) is 6.56. The lowest BCUT2D eigenvalue weighted by Crippen LogP contribution is -2.41. The average Bonchev–Trinajstić information content (AvgIpc) is 3.28. The van der Waals surface area contributed by atoms with Crippen molar-refractivity contribution >= 4 is 62.2 Å². The third-order valence-corrected chi connectivity index (χ3v) is 10.3. The van der Waals surface area contributed by atoms with Gasteiger partial charge >= 0.3 is 4.87 Å². The highest BCUT2D eigenvalue weighted by molar-refractivity contribution is 8.00. The van der Waals surface area contributed by atoms with E-state index in [1.54, 1.807) is 13.8 Å². The summed E-state index contributed by atoms with van der Waals surface area (Å²) in [4.78, 5) is 53.7. The van der Waals surface area contributed by atoms with E-state index in [0.29, 0.717) is 15.6 Å². The Kier molecular flexibility index (Phi) is 6.33. The number of halogens is 1. The Morgan fingerprint density at radius 3 is 2.29 bits per heavy atom. The van der Waals surface area contributed by atoms with Crippen molar-refractivity contribution in [3.8, 4) is 0 Å². The molecule has 3 aromatic rings. The summed E-state index contributed by atoms with van der Waals surface area (Å²) in [5.74, 6) is -2.69. The summed E-state index contributed by atoms with van der Waals surface area (Å²) in [5, 5.41) is 7.31. The van der Waals surface area contributed by atoms with Crippen LogP contribution in [0.1, 0.15) is 18.7 Å². The van der Waals surface area contributed by atoms with Gasteiger partial charge in [0.1, 0.15) is 17.6 Å². The monoisotopic (exact) mass is 576 g/mol. The number of amides is 3. The molecule has 198 valence electrons. The number of primary sulfonamides is 1. The van der Waals surface area contributed by atoms with Gasteiger partial charge in [-0.05, 0) is 48.5 Å². The maximum Gasteiger partial charge on any atom is 0.308 e. The molecule has 38 heavy (non-hydrogen) atoms. The van der Waals surface area contributed by atoms with E-state index < -0.39 is 55.0 Å². The van der Waals surface area contributed by atoms with Gasteiger partial charge < -0.3 is 5.32 Å². The Labute approximate surface area is 224 Å². The van der Waals surface area contributed by atoms with Gasteiger partial charge in [0.05, 0.1) is 21.5 Å². The first kappa shape index (κ1) is 26.3. The van der Waals surface area contributed by atoms with Crippen LogP contribution in [0.25, 0.3) is 0 Å². The summed E-state index contributed by atoms with van der Waals surface area (Å²) in [6.45, 7) is 3.22. The van der Waals surface area contributed by atoms with Crippen molar-refractivity contribution in [3.63, 3.8) is 0 Å². The van der Waals surface area contributed by atoms with E-state index in [4.69, 9.17) is 5.14 Å². The fourth-order valence-electron chi connectivity index (χ4n) is 4.68. The van der Waals surface area contributed by atoms with Gasteiger partial charge in [0.15, 0.2) is 0 Å². The van der Waals surface area contributed by atoms with Crippen molar-refractivity contribution in [2.75, 3.05) is 10.2 Å². The minimum absolute atomic E-state index is 0.114. The first-order valence-corrected chi connectivity index (χ1v) is 14.5. The summed E-state index contributed by atoms with van der Waals surface area (Å²) in [7, 11) is -3.89. The molecule has 2 atom stereocenters. The van der Waals surface area contributed by atoms with E-state index in [0.717, 1.165) is 28.0 Å². The average molecular weight is 577 g/mol. The van der Waals surface area contributed by atoms with Crippen LogP contribution in [0, 0.1) is 11.7 Å². The number of sulfonamides is 1. The minimum Gasteiger partial charge on any atom is -0.325 e. The minimum atomic E-state index is -3.89. The molecule has 0 bridgehead atoms. The summed E-state index contributed by atoms with van der Waals surface area (Å²) >= 11 is 1.99. The van der Waals surface area contributed by atoms with Crippen LogP contribution >= 0.6 is 23.1 Å². The molecule has 2 unspecified atom stereocenters. The van der Waals surface area contributed by atoms with Crippen LogP contribution in [0.15, 0.2) is 63.2 Å². The number of thioether (sulfide) groups is 1. The van der Waals surface area contributed by atoms with Gasteiger partial charge in [-0.1, -0.05) is 36.9 Å². The fourth-order valence-corrected chi connectivity index (χ4v) is 8.24. The zero-order valence-electron chi connectivity index (χ0n) is 20.0. The summed E-state index contributed by atoms with van der Waals surface area (Å²) in [6, 6.07) is 10.3. The van der Waals surface area contributed by atoms with Crippen molar-refractivity contribution in [3.05, 3.63) is 68.9 Å². The Morgan fingerprint density at radius 1 is 1.05 bits per heavy atom. The topological polar surface area (TPSA) is 149 Å². The zero-order chi connectivity index (χ0) is 27.6. The van der Waals surface area contributed by atoms with Gasteiger partial charge in [0.25, 0.3) is 0 Å². The van der Waals surface area contributed by atoms with Crippen LogP contribution in [-0.4, -0.2) is 36.0 Å². The molecular weight excluding hydrogens is 555 g/mol. The molecule has 2 aliphatic rings. The quantitative estimate of drug-likeness (QED) is 0.443. The number of nitrogens with one attached hydrogen (secondary N) is 1. The first-order valence-electron chi connectivity index (χ1n) is 11.3. The second kappa shape index (κ2) is 9.15. The van der Waals surface area contributed by atoms with Crippen molar-refractivity contribution in [1.82, 2.24) is 4.57 Å². The molecule has 0 aliphatic carbocycles. The van der Waals surface area contributed by atoms with Gasteiger partial charge in [-0.3, -0.25) is 23.7 Å². The Morgan fingerprint density at radius 2 is 1.68 bits per heavy atom. The first-order chi connectivity index (χ1) is 17.8. The van der Waals surface area contributed by atoms with Gasteiger partial charge in [-0.2, -0.15) is 0 Å². The molecule has 2 aliphatic heterocycles. The van der Waals surface area contributed by atoms with Crippen molar-refractivity contribution in [1.29, 1.82) is 0 Å². The molecule has 1 saturated heterocycles. The lowest BCUT2D eigenvalue weighted by molar-refractivity contribution is -0.123. The smallest absolute Gasteiger partial charge is 0.308 e. The number of hydrogen-bond donors (Lipinski definition) is 2. The molecule has 3 amide bonds. The number of aromatic nitrogens is 1. The maximum atomic E-state index is 13.4. The number of hydrogen-bond acceptors (Lipinski definition) is 8. The van der Waals surface area contributed by atoms with Crippen LogP contribution in [0.5, 0.6) is 0 Å². The third kappa shape index (κ3) is 4.36. The molecule has 10 nitrogen and oxygen atoms in total. The predicted molar refractivity (Wildman–Crippen MR) is 140 cm³/mol. The van der Waals surface area contributed by atoms with Crippen molar-refractivity contribution in [2.24, 2.45) is 11.1 Å². The SMILES string of the molecule is CC1(C)c2sc(=O)n(CC(=O)Nc3ccc(S(N)(=O)=O)cc3)c2SC2C(=O)N(c3ccc(F)cc3)C(=O)C21. The number of benzene rings is 2. The van der Waals surface area contributed by atoms with Gasteiger partial charge in [0, 0.05) is 16.0 Å². The number of anilines is 2. The second-order valence-electron chi connectivity index (χ2n) is 9.43. The fraction of sp³-hybridized carbons (Fsp3) is 0.250. The molecule has 3 N–H and O–H groups in total. The van der Waals surface area contributed by atoms with Crippen LogP contribution < -0.4 is 20.2 Å². The lowest BCUT2D eigenvalue weighted by Gasteiger charge is -2.36. The number of imide groups is 1. The molecule has 14 heteroatoms. The highest BCUT2D eigenvalue weighted by Crippen LogP contribution is 2.54. The second-order valence-corrected chi connectivity index (χ2v) is 13.1. The van der Waals surface area contributed by atoms with E-state index in [1.165, 1.54) is 53.1 Å². The summed E-state index contributed by atoms with van der Waals surface area (Å²) in [5.41, 5.74) is -0.318. The van der Waals surface area contributed by atoms with Crippen LogP contribution in [0.4, 0.5) is 15.8 Å². The Balaban J connectivity index is 1.42. The Hall–Kier alpha value is -3.33. The Bertz CT molecular complexity index is 1650. The lowest BCUT2D eigenvalue weighted by atomic mass is 9.76. The number of nitrogens with zero attached hydrogens (tertiary/aromatic N) is 2. The zero-order valence-corrected chi connectivity index (χ0v) is 22.5. The van der Waals surface area contributed by atoms with Gasteiger partial charge in [-0.25, -0.2) is 22.8 Å². The molecule has 1 aromatic heterocycles. The van der Waals surface area contributed by atoms with Gasteiger partial charge in [0.2, 0.25) is 27.7 Å². The van der Waals surface area contributed by atoms with E-state index in [-0.39, 0.29) is 17.1 Å². The number of carbonyl (C=O) groups is 3. The van der Waals surface area contributed by atoms with Gasteiger partial charge in [-0.15, -0.1) is 0 Å². The number of thiazole rings is 1. The molecule has 5 rings (SSSR count). The standard InChI is InChI=1S/C24H21FN4O6S3/c1-24(2)17-18(21(32)29(20(17)31)14-7-3-12(25)4-8-14)36-22-19(24)37-23(33)28(22)11-16(30)27-13-5-9-15(10-6-13)38(26,34)35/h3-10,17-18H,11H2,1-2H3,(H,27,30)(H2,26,34,35). The number of nitrogens with two attached hydrogens (primary N) is 1. The maximum absolute atomic E-state index is 13.4. The molecule has 2 aromatic carbocycles. The number of fused-ring (bicyclic) bond motifs is 2.